The number of hydrogen-bond acceptors (Lipinski definition) is 2. The summed E-state index contributed by atoms with van der Waals surface area (Å²) in [5.41, 5.74) is 0. The summed E-state index contributed by atoms with van der Waals surface area (Å²) in [7, 11) is 2.18. The van der Waals surface area contributed by atoms with Crippen molar-refractivity contribution in [3.05, 3.63) is 0 Å². The van der Waals surface area contributed by atoms with Gasteiger partial charge in [0.05, 0.1) is 0 Å². The molecular weight excluding hydrogens is 256 g/mol. The maximum Gasteiger partial charge on any atom is 0.0110 e. The molecule has 0 amide bonds. The second-order valence-corrected chi connectivity index (χ2v) is 8.47. The summed E-state index contributed by atoms with van der Waals surface area (Å²) in [5.74, 6) is 4.75. The van der Waals surface area contributed by atoms with Crippen LogP contribution in [0.2, 0.25) is 0 Å². The standard InChI is InChI=1S/C19H36N2/c1-14-10-15(2)18(19(11-14)20-3)13-21-9-8-16-6-4-5-7-17(16)12-21/h14-20H,4-13H2,1-3H3. The van der Waals surface area contributed by atoms with Crippen LogP contribution < -0.4 is 5.32 Å². The topological polar surface area (TPSA) is 15.3 Å². The van der Waals surface area contributed by atoms with E-state index in [1.807, 2.05) is 0 Å². The molecule has 2 heteroatoms. The summed E-state index contributed by atoms with van der Waals surface area (Å²) in [4.78, 5) is 2.83. The van der Waals surface area contributed by atoms with Crippen molar-refractivity contribution in [1.29, 1.82) is 0 Å². The lowest BCUT2D eigenvalue weighted by Crippen LogP contribution is -2.51. The quantitative estimate of drug-likeness (QED) is 0.852. The largest absolute Gasteiger partial charge is 0.317 e. The number of piperidine rings is 1. The molecule has 122 valence electrons. The molecule has 0 aromatic carbocycles. The van der Waals surface area contributed by atoms with Crippen LogP contribution >= 0.6 is 0 Å². The highest BCUT2D eigenvalue weighted by Gasteiger charge is 2.37. The summed E-state index contributed by atoms with van der Waals surface area (Å²) in [6, 6.07) is 0.743. The summed E-state index contributed by atoms with van der Waals surface area (Å²) in [6.07, 6.45) is 10.3. The number of rotatable bonds is 3. The van der Waals surface area contributed by atoms with E-state index in [0.29, 0.717) is 0 Å². The zero-order chi connectivity index (χ0) is 14.8. The molecule has 3 fully saturated rings. The average Bonchev–Trinajstić information content (AvgIpc) is 2.49. The van der Waals surface area contributed by atoms with Crippen LogP contribution in [0.4, 0.5) is 0 Å². The molecule has 1 aliphatic heterocycles. The van der Waals surface area contributed by atoms with Crippen molar-refractivity contribution in [3.63, 3.8) is 0 Å². The van der Waals surface area contributed by atoms with Crippen LogP contribution in [0.5, 0.6) is 0 Å². The molecule has 6 atom stereocenters. The van der Waals surface area contributed by atoms with E-state index in [2.05, 4.69) is 31.1 Å². The first-order valence-corrected chi connectivity index (χ1v) is 9.57. The fourth-order valence-corrected chi connectivity index (χ4v) is 5.69. The SMILES string of the molecule is CNC1CC(C)CC(C)C1CN1CCC2CCCCC2C1. The first kappa shape index (κ1) is 15.8. The lowest BCUT2D eigenvalue weighted by atomic mass is 9.71. The van der Waals surface area contributed by atoms with Gasteiger partial charge in [-0.25, -0.2) is 0 Å². The Labute approximate surface area is 132 Å². The fraction of sp³-hybridized carbons (Fsp3) is 1.00. The summed E-state index contributed by atoms with van der Waals surface area (Å²) in [6.45, 7) is 9.06. The lowest BCUT2D eigenvalue weighted by Gasteiger charge is -2.46. The summed E-state index contributed by atoms with van der Waals surface area (Å²) in [5, 5.41) is 3.63. The highest BCUT2D eigenvalue weighted by molar-refractivity contribution is 4.91. The van der Waals surface area contributed by atoms with Crippen molar-refractivity contribution in [2.24, 2.45) is 29.6 Å². The molecule has 1 N–H and O–H groups in total. The lowest BCUT2D eigenvalue weighted by molar-refractivity contribution is 0.0453. The molecule has 1 heterocycles. The highest BCUT2D eigenvalue weighted by atomic mass is 15.1. The first-order valence-electron chi connectivity index (χ1n) is 9.57. The molecule has 0 spiro atoms. The second-order valence-electron chi connectivity index (χ2n) is 8.47. The smallest absolute Gasteiger partial charge is 0.0110 e. The fourth-order valence-electron chi connectivity index (χ4n) is 5.69. The van der Waals surface area contributed by atoms with E-state index < -0.39 is 0 Å². The van der Waals surface area contributed by atoms with Crippen molar-refractivity contribution < 1.29 is 0 Å². The highest BCUT2D eigenvalue weighted by Crippen LogP contribution is 2.38. The summed E-state index contributed by atoms with van der Waals surface area (Å²) >= 11 is 0. The molecule has 0 aromatic rings. The normalized spacial score (nSPS) is 45.3. The average molecular weight is 293 g/mol. The maximum absolute atomic E-state index is 3.63. The Morgan fingerprint density at radius 3 is 2.52 bits per heavy atom. The van der Waals surface area contributed by atoms with E-state index in [4.69, 9.17) is 0 Å². The zero-order valence-electron chi connectivity index (χ0n) is 14.5. The number of likely N-dealkylation sites (tertiary alicyclic amines) is 1. The maximum atomic E-state index is 3.63. The van der Waals surface area contributed by atoms with Gasteiger partial charge in [-0.15, -0.1) is 0 Å². The van der Waals surface area contributed by atoms with Gasteiger partial charge in [-0.1, -0.05) is 33.1 Å². The summed E-state index contributed by atoms with van der Waals surface area (Å²) < 4.78 is 0. The molecule has 0 aromatic heterocycles. The Morgan fingerprint density at radius 2 is 1.76 bits per heavy atom. The van der Waals surface area contributed by atoms with Crippen LogP contribution in [-0.4, -0.2) is 37.6 Å². The van der Waals surface area contributed by atoms with Gasteiger partial charge in [0.25, 0.3) is 0 Å². The van der Waals surface area contributed by atoms with Gasteiger partial charge in [0.2, 0.25) is 0 Å². The van der Waals surface area contributed by atoms with E-state index in [9.17, 15) is 0 Å². The molecule has 3 aliphatic rings. The number of fused-ring (bicyclic) bond motifs is 1. The van der Waals surface area contributed by atoms with E-state index in [1.54, 1.807) is 0 Å². The third-order valence-electron chi connectivity index (χ3n) is 6.89. The number of hydrogen-bond donors (Lipinski definition) is 1. The number of nitrogens with zero attached hydrogens (tertiary/aromatic N) is 1. The third kappa shape index (κ3) is 3.64. The van der Waals surface area contributed by atoms with Crippen LogP contribution in [0.15, 0.2) is 0 Å². The van der Waals surface area contributed by atoms with Crippen molar-refractivity contribution >= 4 is 0 Å². The van der Waals surface area contributed by atoms with Gasteiger partial charge in [-0.05, 0) is 68.9 Å². The van der Waals surface area contributed by atoms with E-state index in [1.165, 1.54) is 64.6 Å². The Kier molecular flexibility index (Phi) is 5.27. The molecule has 2 nitrogen and oxygen atoms in total. The molecule has 6 unspecified atom stereocenters. The van der Waals surface area contributed by atoms with Crippen LogP contribution in [0, 0.1) is 29.6 Å². The van der Waals surface area contributed by atoms with Crippen molar-refractivity contribution in [2.75, 3.05) is 26.7 Å². The predicted octanol–water partition coefficient (Wildman–Crippen LogP) is 3.77. The van der Waals surface area contributed by atoms with Crippen molar-refractivity contribution in [2.45, 2.75) is 64.8 Å². The molecule has 0 bridgehead atoms. The molecular formula is C19H36N2. The molecule has 0 radical (unpaired) electrons. The molecule has 21 heavy (non-hydrogen) atoms. The third-order valence-corrected chi connectivity index (χ3v) is 6.89. The van der Waals surface area contributed by atoms with Crippen LogP contribution in [0.3, 0.4) is 0 Å². The molecule has 2 saturated carbocycles. The van der Waals surface area contributed by atoms with Gasteiger partial charge < -0.3 is 10.2 Å². The predicted molar refractivity (Wildman–Crippen MR) is 90.4 cm³/mol. The minimum Gasteiger partial charge on any atom is -0.317 e. The molecule has 3 rings (SSSR count). The zero-order valence-corrected chi connectivity index (χ0v) is 14.5. The second kappa shape index (κ2) is 7.00. The van der Waals surface area contributed by atoms with Crippen LogP contribution in [-0.2, 0) is 0 Å². The molecule has 1 saturated heterocycles. The van der Waals surface area contributed by atoms with Gasteiger partial charge in [-0.3, -0.25) is 0 Å². The van der Waals surface area contributed by atoms with Gasteiger partial charge in [0.15, 0.2) is 0 Å². The van der Waals surface area contributed by atoms with E-state index in [-0.39, 0.29) is 0 Å². The van der Waals surface area contributed by atoms with E-state index >= 15 is 0 Å². The Bertz CT molecular complexity index is 330. The van der Waals surface area contributed by atoms with Gasteiger partial charge >= 0.3 is 0 Å². The van der Waals surface area contributed by atoms with E-state index in [0.717, 1.165) is 35.6 Å². The minimum absolute atomic E-state index is 0.743. The van der Waals surface area contributed by atoms with Gasteiger partial charge in [0, 0.05) is 19.1 Å². The number of nitrogens with one attached hydrogen (secondary N) is 1. The monoisotopic (exact) mass is 292 g/mol. The Morgan fingerprint density at radius 1 is 1.00 bits per heavy atom. The van der Waals surface area contributed by atoms with Crippen molar-refractivity contribution in [3.8, 4) is 0 Å². The van der Waals surface area contributed by atoms with Crippen molar-refractivity contribution in [1.82, 2.24) is 10.2 Å². The Balaban J connectivity index is 1.57. The van der Waals surface area contributed by atoms with Crippen LogP contribution in [0.1, 0.15) is 58.8 Å². The first-order chi connectivity index (χ1) is 10.2. The van der Waals surface area contributed by atoms with Crippen LogP contribution in [0.25, 0.3) is 0 Å². The Hall–Kier alpha value is -0.0800. The minimum atomic E-state index is 0.743. The van der Waals surface area contributed by atoms with Gasteiger partial charge in [0.1, 0.15) is 0 Å². The van der Waals surface area contributed by atoms with Gasteiger partial charge in [-0.2, -0.15) is 0 Å². The molecule has 2 aliphatic carbocycles.